The molecular weight excluding hydrogens is 330 g/mol. The van der Waals surface area contributed by atoms with Gasteiger partial charge in [0.2, 0.25) is 0 Å². The zero-order valence-corrected chi connectivity index (χ0v) is 15.1. The maximum Gasteiger partial charge on any atom is 0.414 e. The van der Waals surface area contributed by atoms with Crippen molar-refractivity contribution in [3.63, 3.8) is 0 Å². The fraction of sp³-hybridized carbons (Fsp3) is 0.588. The molecule has 1 aliphatic rings. The molecule has 1 aromatic rings. The van der Waals surface area contributed by atoms with Crippen LogP contribution in [0, 0.1) is 0 Å². The summed E-state index contributed by atoms with van der Waals surface area (Å²) in [5, 5.41) is 0. The number of nitrogens with zero attached hydrogens (tertiary/aromatic N) is 1. The number of carbonyl (C=O) groups is 1. The third-order valence-electron chi connectivity index (χ3n) is 4.25. The van der Waals surface area contributed by atoms with Crippen LogP contribution in [-0.4, -0.2) is 18.2 Å². The quantitative estimate of drug-likeness (QED) is 0.725. The van der Waals surface area contributed by atoms with Crippen molar-refractivity contribution in [2.45, 2.75) is 58.5 Å². The molecule has 116 valence electrons. The first-order chi connectivity index (χ1) is 9.72. The van der Waals surface area contributed by atoms with Gasteiger partial charge in [-0.2, -0.15) is 0 Å². The van der Waals surface area contributed by atoms with E-state index in [0.717, 1.165) is 23.0 Å². The summed E-state index contributed by atoms with van der Waals surface area (Å²) < 4.78 is 6.62. The molecule has 1 aromatic carbocycles. The Labute approximate surface area is 135 Å². The van der Waals surface area contributed by atoms with Crippen LogP contribution in [0.5, 0.6) is 0 Å². The van der Waals surface area contributed by atoms with Crippen LogP contribution in [0.15, 0.2) is 22.7 Å². The van der Waals surface area contributed by atoms with Gasteiger partial charge in [0.1, 0.15) is 5.60 Å². The van der Waals surface area contributed by atoms with Gasteiger partial charge in [-0.25, -0.2) is 4.79 Å². The second-order valence-electron chi connectivity index (χ2n) is 6.72. The maximum atomic E-state index is 12.5. The van der Waals surface area contributed by atoms with Crippen LogP contribution in [0.2, 0.25) is 0 Å². The first-order valence-electron chi connectivity index (χ1n) is 7.53. The molecule has 0 atom stereocenters. The molecule has 0 unspecified atom stereocenters. The summed E-state index contributed by atoms with van der Waals surface area (Å²) in [5.74, 6) is 0. The van der Waals surface area contributed by atoms with E-state index in [-0.39, 0.29) is 11.5 Å². The first-order valence-corrected chi connectivity index (χ1v) is 8.32. The number of amides is 1. The highest BCUT2D eigenvalue weighted by Gasteiger charge is 2.43. The fourth-order valence-electron chi connectivity index (χ4n) is 2.98. The third-order valence-corrected chi connectivity index (χ3v) is 4.74. The van der Waals surface area contributed by atoms with Gasteiger partial charge in [0.15, 0.2) is 0 Å². The van der Waals surface area contributed by atoms with Gasteiger partial charge < -0.3 is 4.74 Å². The number of anilines is 1. The Hall–Kier alpha value is -1.03. The molecule has 4 heteroatoms. The standard InChI is InChI=1S/C17H24BrNO2/c1-6-17(7-2)11-19(15(20)21-16(3,4)5)14-9-8-12(18)10-13(14)17/h8-10H,6-7,11H2,1-5H3. The van der Waals surface area contributed by atoms with Crippen molar-refractivity contribution >= 4 is 27.7 Å². The summed E-state index contributed by atoms with van der Waals surface area (Å²) in [5.41, 5.74) is 1.77. The molecule has 0 aliphatic carbocycles. The zero-order chi connectivity index (χ0) is 15.8. The Morgan fingerprint density at radius 3 is 2.48 bits per heavy atom. The Bertz CT molecular complexity index is 544. The Kier molecular flexibility index (Phi) is 4.39. The molecule has 0 aromatic heterocycles. The SMILES string of the molecule is CCC1(CC)CN(C(=O)OC(C)(C)C)c2ccc(Br)cc21. The molecule has 1 heterocycles. The van der Waals surface area contributed by atoms with E-state index in [0.29, 0.717) is 6.54 Å². The number of hydrogen-bond donors (Lipinski definition) is 0. The number of rotatable bonds is 2. The minimum Gasteiger partial charge on any atom is -0.443 e. The van der Waals surface area contributed by atoms with Gasteiger partial charge in [0.05, 0.1) is 5.69 Å². The Morgan fingerprint density at radius 1 is 1.33 bits per heavy atom. The van der Waals surface area contributed by atoms with Crippen molar-refractivity contribution in [2.24, 2.45) is 0 Å². The minimum atomic E-state index is -0.476. The average molecular weight is 354 g/mol. The normalized spacial score (nSPS) is 16.8. The van der Waals surface area contributed by atoms with Gasteiger partial charge in [-0.15, -0.1) is 0 Å². The van der Waals surface area contributed by atoms with E-state index in [4.69, 9.17) is 4.74 Å². The first kappa shape index (κ1) is 16.3. The molecule has 0 saturated carbocycles. The van der Waals surface area contributed by atoms with E-state index >= 15 is 0 Å². The fourth-order valence-corrected chi connectivity index (χ4v) is 3.34. The highest BCUT2D eigenvalue weighted by atomic mass is 79.9. The lowest BCUT2D eigenvalue weighted by atomic mass is 9.78. The van der Waals surface area contributed by atoms with Gasteiger partial charge >= 0.3 is 6.09 Å². The lowest BCUT2D eigenvalue weighted by molar-refractivity contribution is 0.0577. The molecule has 0 radical (unpaired) electrons. The number of benzene rings is 1. The molecular formula is C17H24BrNO2. The number of hydrogen-bond acceptors (Lipinski definition) is 2. The van der Waals surface area contributed by atoms with Crippen LogP contribution in [0.25, 0.3) is 0 Å². The average Bonchev–Trinajstić information content (AvgIpc) is 2.71. The van der Waals surface area contributed by atoms with E-state index in [1.54, 1.807) is 4.90 Å². The topological polar surface area (TPSA) is 29.5 Å². The van der Waals surface area contributed by atoms with Crippen molar-refractivity contribution in [1.82, 2.24) is 0 Å². The molecule has 1 aliphatic heterocycles. The highest BCUT2D eigenvalue weighted by molar-refractivity contribution is 9.10. The summed E-state index contributed by atoms with van der Waals surface area (Å²) in [6.07, 6.45) is 1.76. The maximum absolute atomic E-state index is 12.5. The molecule has 0 saturated heterocycles. The lowest BCUT2D eigenvalue weighted by Crippen LogP contribution is -2.39. The van der Waals surface area contributed by atoms with E-state index in [2.05, 4.69) is 35.8 Å². The van der Waals surface area contributed by atoms with E-state index in [9.17, 15) is 4.79 Å². The highest BCUT2D eigenvalue weighted by Crippen LogP contribution is 2.46. The van der Waals surface area contributed by atoms with Gasteiger partial charge in [-0.1, -0.05) is 29.8 Å². The van der Waals surface area contributed by atoms with E-state index < -0.39 is 5.60 Å². The molecule has 0 spiro atoms. The molecule has 2 rings (SSSR count). The summed E-state index contributed by atoms with van der Waals surface area (Å²) in [7, 11) is 0. The van der Waals surface area contributed by atoms with Crippen LogP contribution in [0.3, 0.4) is 0 Å². The second-order valence-corrected chi connectivity index (χ2v) is 7.63. The summed E-state index contributed by atoms with van der Waals surface area (Å²) >= 11 is 3.55. The third kappa shape index (κ3) is 3.10. The van der Waals surface area contributed by atoms with Gasteiger partial charge in [0.25, 0.3) is 0 Å². The molecule has 0 fully saturated rings. The molecule has 3 nitrogen and oxygen atoms in total. The van der Waals surface area contributed by atoms with Gasteiger partial charge in [0, 0.05) is 16.4 Å². The Balaban J connectivity index is 2.43. The van der Waals surface area contributed by atoms with Crippen LogP contribution in [0.4, 0.5) is 10.5 Å². The van der Waals surface area contributed by atoms with E-state index in [1.807, 2.05) is 32.9 Å². The van der Waals surface area contributed by atoms with E-state index in [1.165, 1.54) is 5.56 Å². The van der Waals surface area contributed by atoms with Gasteiger partial charge in [-0.05, 0) is 57.4 Å². The number of fused-ring (bicyclic) bond motifs is 1. The van der Waals surface area contributed by atoms with Crippen molar-refractivity contribution in [2.75, 3.05) is 11.4 Å². The van der Waals surface area contributed by atoms with Crippen molar-refractivity contribution in [3.05, 3.63) is 28.2 Å². The zero-order valence-electron chi connectivity index (χ0n) is 13.5. The number of halogens is 1. The van der Waals surface area contributed by atoms with Crippen molar-refractivity contribution in [3.8, 4) is 0 Å². The molecule has 0 N–H and O–H groups in total. The Morgan fingerprint density at radius 2 is 1.95 bits per heavy atom. The number of carbonyl (C=O) groups excluding carboxylic acids is 1. The summed E-state index contributed by atoms with van der Waals surface area (Å²) in [6.45, 7) is 10.8. The summed E-state index contributed by atoms with van der Waals surface area (Å²) in [6, 6.07) is 6.14. The van der Waals surface area contributed by atoms with Crippen molar-refractivity contribution in [1.29, 1.82) is 0 Å². The minimum absolute atomic E-state index is 0.0238. The van der Waals surface area contributed by atoms with Gasteiger partial charge in [-0.3, -0.25) is 4.90 Å². The molecule has 0 bridgehead atoms. The van der Waals surface area contributed by atoms with Crippen molar-refractivity contribution < 1.29 is 9.53 Å². The van der Waals surface area contributed by atoms with Crippen LogP contribution in [-0.2, 0) is 10.2 Å². The lowest BCUT2D eigenvalue weighted by Gasteiger charge is -2.29. The second kappa shape index (κ2) is 5.64. The van der Waals surface area contributed by atoms with Crippen LogP contribution >= 0.6 is 15.9 Å². The smallest absolute Gasteiger partial charge is 0.414 e. The predicted octanol–water partition coefficient (Wildman–Crippen LogP) is 5.26. The monoisotopic (exact) mass is 353 g/mol. The predicted molar refractivity (Wildman–Crippen MR) is 90.0 cm³/mol. The van der Waals surface area contributed by atoms with Crippen LogP contribution in [0.1, 0.15) is 53.0 Å². The largest absolute Gasteiger partial charge is 0.443 e. The van der Waals surface area contributed by atoms with Crippen LogP contribution < -0.4 is 4.90 Å². The summed E-state index contributed by atoms with van der Waals surface area (Å²) in [4.78, 5) is 14.3. The molecule has 21 heavy (non-hydrogen) atoms. The number of ether oxygens (including phenoxy) is 1. The molecule has 1 amide bonds.